The smallest absolute Gasteiger partial charge is 0.254 e. The van der Waals surface area contributed by atoms with Crippen LogP contribution in [0.25, 0.3) is 0 Å². The maximum atomic E-state index is 12.6. The summed E-state index contributed by atoms with van der Waals surface area (Å²) < 4.78 is 15.9. The lowest BCUT2D eigenvalue weighted by Gasteiger charge is -2.22. The molecule has 118 valence electrons. The van der Waals surface area contributed by atoms with Gasteiger partial charge in [-0.05, 0) is 25.0 Å². The van der Waals surface area contributed by atoms with Crippen molar-refractivity contribution in [1.82, 2.24) is 4.90 Å². The highest BCUT2D eigenvalue weighted by atomic mass is 16.5. The van der Waals surface area contributed by atoms with Crippen LogP contribution in [0.1, 0.15) is 37.0 Å². The van der Waals surface area contributed by atoms with E-state index in [4.69, 9.17) is 14.2 Å². The zero-order chi connectivity index (χ0) is 15.8. The van der Waals surface area contributed by atoms with Gasteiger partial charge in [-0.2, -0.15) is 0 Å². The number of carbonyl (C=O) groups is 1. The van der Waals surface area contributed by atoms with E-state index in [1.165, 1.54) is 0 Å². The summed E-state index contributed by atoms with van der Waals surface area (Å²) in [5.41, 5.74) is 0.548. The Morgan fingerprint density at radius 1 is 0.952 bits per heavy atom. The van der Waals surface area contributed by atoms with Gasteiger partial charge < -0.3 is 19.1 Å². The molecule has 0 aliphatic carbocycles. The third kappa shape index (κ3) is 4.03. The van der Waals surface area contributed by atoms with Crippen LogP contribution in [0, 0.1) is 0 Å². The molecule has 1 amide bonds. The molecule has 5 heteroatoms. The summed E-state index contributed by atoms with van der Waals surface area (Å²) >= 11 is 0. The summed E-state index contributed by atoms with van der Waals surface area (Å²) in [4.78, 5) is 14.5. The predicted octanol–water partition coefficient (Wildman–Crippen LogP) is 2.97. The summed E-state index contributed by atoms with van der Waals surface area (Å²) in [6.45, 7) is 5.60. The van der Waals surface area contributed by atoms with Gasteiger partial charge in [-0.15, -0.1) is 0 Å². The van der Waals surface area contributed by atoms with E-state index < -0.39 is 0 Å². The van der Waals surface area contributed by atoms with Gasteiger partial charge in [0.2, 0.25) is 5.75 Å². The van der Waals surface area contributed by atoms with Crippen molar-refractivity contribution in [2.75, 3.05) is 34.4 Å². The first-order chi connectivity index (χ1) is 10.1. The Morgan fingerprint density at radius 3 is 1.76 bits per heavy atom. The molecule has 0 fully saturated rings. The standard InChI is InChI=1S/C16H25NO4/c1-6-8-17(9-7-2)16(18)12-10-13(19-3)15(21-5)14(11-12)20-4/h10-11H,6-9H2,1-5H3. The fraction of sp³-hybridized carbons (Fsp3) is 0.562. The Labute approximate surface area is 126 Å². The predicted molar refractivity (Wildman–Crippen MR) is 82.6 cm³/mol. The largest absolute Gasteiger partial charge is 0.493 e. The average molecular weight is 295 g/mol. The summed E-state index contributed by atoms with van der Waals surface area (Å²) in [6.07, 6.45) is 1.85. The molecule has 0 N–H and O–H groups in total. The molecule has 1 aromatic carbocycles. The first-order valence-electron chi connectivity index (χ1n) is 7.22. The maximum Gasteiger partial charge on any atom is 0.254 e. The van der Waals surface area contributed by atoms with E-state index >= 15 is 0 Å². The maximum absolute atomic E-state index is 12.6. The zero-order valence-electron chi connectivity index (χ0n) is 13.6. The van der Waals surface area contributed by atoms with Crippen LogP contribution in [-0.2, 0) is 0 Å². The monoisotopic (exact) mass is 295 g/mol. The summed E-state index contributed by atoms with van der Waals surface area (Å²) in [6, 6.07) is 3.39. The van der Waals surface area contributed by atoms with Crippen LogP contribution in [0.15, 0.2) is 12.1 Å². The van der Waals surface area contributed by atoms with E-state index in [2.05, 4.69) is 13.8 Å². The summed E-state index contributed by atoms with van der Waals surface area (Å²) in [5.74, 6) is 1.47. The van der Waals surface area contributed by atoms with E-state index in [0.29, 0.717) is 22.8 Å². The molecule has 1 aromatic rings. The molecular formula is C16H25NO4. The molecule has 0 spiro atoms. The van der Waals surface area contributed by atoms with Crippen molar-refractivity contribution < 1.29 is 19.0 Å². The van der Waals surface area contributed by atoms with Gasteiger partial charge in [-0.25, -0.2) is 0 Å². The van der Waals surface area contributed by atoms with Gasteiger partial charge in [0.25, 0.3) is 5.91 Å². The Balaban J connectivity index is 3.19. The normalized spacial score (nSPS) is 10.1. The summed E-state index contributed by atoms with van der Waals surface area (Å²) in [7, 11) is 4.63. The lowest BCUT2D eigenvalue weighted by molar-refractivity contribution is 0.0754. The molecule has 0 aromatic heterocycles. The van der Waals surface area contributed by atoms with E-state index in [9.17, 15) is 4.79 Å². The van der Waals surface area contributed by atoms with Gasteiger partial charge in [0, 0.05) is 18.7 Å². The molecule has 1 rings (SSSR count). The highest BCUT2D eigenvalue weighted by Crippen LogP contribution is 2.38. The number of nitrogens with zero attached hydrogens (tertiary/aromatic N) is 1. The van der Waals surface area contributed by atoms with Crippen LogP contribution in [0.4, 0.5) is 0 Å². The van der Waals surface area contributed by atoms with E-state index in [-0.39, 0.29) is 5.91 Å². The minimum Gasteiger partial charge on any atom is -0.493 e. The van der Waals surface area contributed by atoms with E-state index in [1.807, 2.05) is 4.90 Å². The number of carbonyl (C=O) groups excluding carboxylic acids is 1. The van der Waals surface area contributed by atoms with Crippen LogP contribution >= 0.6 is 0 Å². The molecule has 5 nitrogen and oxygen atoms in total. The molecule has 21 heavy (non-hydrogen) atoms. The van der Waals surface area contributed by atoms with E-state index in [1.54, 1.807) is 33.5 Å². The van der Waals surface area contributed by atoms with Crippen LogP contribution in [0.5, 0.6) is 17.2 Å². The lowest BCUT2D eigenvalue weighted by atomic mass is 10.1. The fourth-order valence-electron chi connectivity index (χ4n) is 2.24. The number of rotatable bonds is 8. The van der Waals surface area contributed by atoms with Gasteiger partial charge >= 0.3 is 0 Å². The SMILES string of the molecule is CCCN(CCC)C(=O)c1cc(OC)c(OC)c(OC)c1. The van der Waals surface area contributed by atoms with Crippen molar-refractivity contribution >= 4 is 5.91 Å². The zero-order valence-corrected chi connectivity index (χ0v) is 13.6. The van der Waals surface area contributed by atoms with Crippen molar-refractivity contribution in [3.63, 3.8) is 0 Å². The molecular weight excluding hydrogens is 270 g/mol. The van der Waals surface area contributed by atoms with Gasteiger partial charge in [0.05, 0.1) is 21.3 Å². The van der Waals surface area contributed by atoms with E-state index in [0.717, 1.165) is 25.9 Å². The van der Waals surface area contributed by atoms with Crippen molar-refractivity contribution in [3.05, 3.63) is 17.7 Å². The average Bonchev–Trinajstić information content (AvgIpc) is 2.52. The number of hydrogen-bond donors (Lipinski definition) is 0. The van der Waals surface area contributed by atoms with Crippen molar-refractivity contribution in [3.8, 4) is 17.2 Å². The molecule has 0 unspecified atom stereocenters. The second kappa shape index (κ2) is 8.39. The Kier molecular flexibility index (Phi) is 6.85. The molecule has 0 aliphatic rings. The van der Waals surface area contributed by atoms with Gasteiger partial charge in [0.15, 0.2) is 11.5 Å². The van der Waals surface area contributed by atoms with Crippen molar-refractivity contribution in [2.45, 2.75) is 26.7 Å². The van der Waals surface area contributed by atoms with Crippen LogP contribution in [0.2, 0.25) is 0 Å². The van der Waals surface area contributed by atoms with Gasteiger partial charge in [0.1, 0.15) is 0 Å². The highest BCUT2D eigenvalue weighted by Gasteiger charge is 2.20. The minimum atomic E-state index is -0.0158. The topological polar surface area (TPSA) is 48.0 Å². The number of benzene rings is 1. The Morgan fingerprint density at radius 2 is 1.43 bits per heavy atom. The first kappa shape index (κ1) is 17.1. The number of hydrogen-bond acceptors (Lipinski definition) is 4. The van der Waals surface area contributed by atoms with Crippen LogP contribution in [0.3, 0.4) is 0 Å². The molecule has 0 heterocycles. The molecule has 0 saturated carbocycles. The minimum absolute atomic E-state index is 0.0158. The van der Waals surface area contributed by atoms with Crippen molar-refractivity contribution in [1.29, 1.82) is 0 Å². The quantitative estimate of drug-likeness (QED) is 0.740. The van der Waals surface area contributed by atoms with Crippen molar-refractivity contribution in [2.24, 2.45) is 0 Å². The second-order valence-corrected chi connectivity index (χ2v) is 4.71. The Hall–Kier alpha value is -1.91. The fourth-order valence-corrected chi connectivity index (χ4v) is 2.24. The number of methoxy groups -OCH3 is 3. The molecule has 0 atom stereocenters. The Bertz CT molecular complexity index is 442. The second-order valence-electron chi connectivity index (χ2n) is 4.71. The highest BCUT2D eigenvalue weighted by molar-refractivity contribution is 5.95. The summed E-state index contributed by atoms with van der Waals surface area (Å²) in [5, 5.41) is 0. The molecule has 0 bridgehead atoms. The molecule has 0 radical (unpaired) electrons. The lowest BCUT2D eigenvalue weighted by Crippen LogP contribution is -2.32. The van der Waals surface area contributed by atoms with Gasteiger partial charge in [-0.3, -0.25) is 4.79 Å². The first-order valence-corrected chi connectivity index (χ1v) is 7.22. The van der Waals surface area contributed by atoms with Gasteiger partial charge in [-0.1, -0.05) is 13.8 Å². The van der Waals surface area contributed by atoms with Crippen LogP contribution in [-0.4, -0.2) is 45.2 Å². The number of ether oxygens (including phenoxy) is 3. The molecule has 0 saturated heterocycles. The third-order valence-electron chi connectivity index (χ3n) is 3.19. The molecule has 0 aliphatic heterocycles. The third-order valence-corrected chi connectivity index (χ3v) is 3.19. The van der Waals surface area contributed by atoms with Crippen LogP contribution < -0.4 is 14.2 Å². The number of amides is 1.